The van der Waals surface area contributed by atoms with Crippen LogP contribution in [0.5, 0.6) is 0 Å². The number of hydrogen-bond donors (Lipinski definition) is 1. The van der Waals surface area contributed by atoms with Crippen LogP contribution in [0.3, 0.4) is 0 Å². The minimum absolute atomic E-state index is 0.0412. The summed E-state index contributed by atoms with van der Waals surface area (Å²) >= 11 is 5.94. The van der Waals surface area contributed by atoms with Crippen molar-refractivity contribution in [1.29, 1.82) is 0 Å². The number of rotatable bonds is 5. The first-order valence-corrected chi connectivity index (χ1v) is 11.4. The lowest BCUT2D eigenvalue weighted by atomic mass is 9.95. The summed E-state index contributed by atoms with van der Waals surface area (Å²) in [5.41, 5.74) is 1.85. The van der Waals surface area contributed by atoms with E-state index in [-0.39, 0.29) is 5.02 Å². The van der Waals surface area contributed by atoms with Gasteiger partial charge in [-0.15, -0.1) is 0 Å². The molecule has 2 aromatic heterocycles. The van der Waals surface area contributed by atoms with E-state index < -0.39 is 5.82 Å². The van der Waals surface area contributed by atoms with Gasteiger partial charge in [-0.05, 0) is 31.0 Å². The molecule has 8 nitrogen and oxygen atoms in total. The van der Waals surface area contributed by atoms with Gasteiger partial charge < -0.3 is 10.1 Å². The van der Waals surface area contributed by atoms with E-state index >= 15 is 0 Å². The largest absolute Gasteiger partial charge is 0.379 e. The van der Waals surface area contributed by atoms with Gasteiger partial charge in [0.2, 0.25) is 5.95 Å². The number of ether oxygens (including phenoxy) is 1. The number of halogens is 2. The first kappa shape index (κ1) is 21.2. The molecular weight excluding hydrogens is 433 g/mol. The number of nitrogens with zero attached hydrogens (tertiary/aromatic N) is 6. The summed E-state index contributed by atoms with van der Waals surface area (Å²) in [7, 11) is 0. The summed E-state index contributed by atoms with van der Waals surface area (Å²) in [6, 6.07) is 4.81. The van der Waals surface area contributed by atoms with Crippen LogP contribution in [-0.4, -0.2) is 57.3 Å². The second-order valence-corrected chi connectivity index (χ2v) is 8.49. The maximum Gasteiger partial charge on any atom is 0.241 e. The van der Waals surface area contributed by atoms with Gasteiger partial charge in [0.05, 0.1) is 24.4 Å². The van der Waals surface area contributed by atoms with Crippen molar-refractivity contribution in [3.8, 4) is 0 Å². The van der Waals surface area contributed by atoms with Crippen molar-refractivity contribution in [3.63, 3.8) is 0 Å². The number of aromatic nitrogens is 4. The molecule has 1 aromatic carbocycles. The normalized spacial score (nSPS) is 18.1. The van der Waals surface area contributed by atoms with E-state index in [1.165, 1.54) is 37.7 Å². The summed E-state index contributed by atoms with van der Waals surface area (Å²) in [5.74, 6) is 0.691. The summed E-state index contributed by atoms with van der Waals surface area (Å²) < 4.78 is 19.1. The van der Waals surface area contributed by atoms with Crippen molar-refractivity contribution < 1.29 is 9.13 Å². The SMILES string of the molecule is Fc1ccc(Nc2ncnc3cnc(N(C4CCCCC4)N4CCOCC4)nc23)cc1Cl. The predicted molar refractivity (Wildman–Crippen MR) is 122 cm³/mol. The average Bonchev–Trinajstić information content (AvgIpc) is 2.83. The van der Waals surface area contributed by atoms with Crippen molar-refractivity contribution >= 4 is 40.1 Å². The van der Waals surface area contributed by atoms with Crippen LogP contribution < -0.4 is 10.3 Å². The fourth-order valence-electron chi connectivity index (χ4n) is 4.37. The van der Waals surface area contributed by atoms with Crippen LogP contribution in [0.15, 0.2) is 30.7 Å². The fourth-order valence-corrected chi connectivity index (χ4v) is 4.55. The van der Waals surface area contributed by atoms with Crippen molar-refractivity contribution in [3.05, 3.63) is 41.6 Å². The molecule has 0 atom stereocenters. The fraction of sp³-hybridized carbons (Fsp3) is 0.455. The Morgan fingerprint density at radius 1 is 1.09 bits per heavy atom. The van der Waals surface area contributed by atoms with E-state index in [0.29, 0.717) is 47.7 Å². The molecule has 168 valence electrons. The van der Waals surface area contributed by atoms with Crippen molar-refractivity contribution in [2.24, 2.45) is 0 Å². The molecule has 0 radical (unpaired) electrons. The molecule has 1 saturated heterocycles. The molecular formula is C22H25ClFN7O. The molecule has 32 heavy (non-hydrogen) atoms. The molecule has 5 rings (SSSR count). The van der Waals surface area contributed by atoms with Crippen molar-refractivity contribution in [2.75, 3.05) is 36.6 Å². The van der Waals surface area contributed by atoms with E-state index in [2.05, 4.69) is 30.3 Å². The topological polar surface area (TPSA) is 79.3 Å². The Morgan fingerprint density at radius 2 is 1.91 bits per heavy atom. The van der Waals surface area contributed by atoms with Gasteiger partial charge in [0.1, 0.15) is 23.2 Å². The quantitative estimate of drug-likeness (QED) is 0.606. The second-order valence-electron chi connectivity index (χ2n) is 8.08. The number of hydrogen-bond acceptors (Lipinski definition) is 8. The lowest BCUT2D eigenvalue weighted by Crippen LogP contribution is -2.54. The van der Waals surface area contributed by atoms with Gasteiger partial charge in [-0.25, -0.2) is 29.3 Å². The minimum Gasteiger partial charge on any atom is -0.379 e. The Kier molecular flexibility index (Phi) is 6.29. The highest BCUT2D eigenvalue weighted by Crippen LogP contribution is 2.30. The van der Waals surface area contributed by atoms with Gasteiger partial charge in [0.15, 0.2) is 5.82 Å². The molecule has 0 amide bonds. The van der Waals surface area contributed by atoms with Gasteiger partial charge in [0, 0.05) is 24.8 Å². The maximum absolute atomic E-state index is 13.6. The summed E-state index contributed by atoms with van der Waals surface area (Å²) in [4.78, 5) is 18.3. The number of fused-ring (bicyclic) bond motifs is 1. The summed E-state index contributed by atoms with van der Waals surface area (Å²) in [6.45, 7) is 3.00. The third kappa shape index (κ3) is 4.46. The Hall–Kier alpha value is -2.62. The molecule has 2 fully saturated rings. The van der Waals surface area contributed by atoms with Crippen LogP contribution in [0.2, 0.25) is 5.02 Å². The monoisotopic (exact) mass is 457 g/mol. The van der Waals surface area contributed by atoms with E-state index in [4.69, 9.17) is 21.3 Å². The van der Waals surface area contributed by atoms with Crippen molar-refractivity contribution in [2.45, 2.75) is 38.1 Å². The molecule has 2 aliphatic rings. The first-order valence-electron chi connectivity index (χ1n) is 11.0. The summed E-state index contributed by atoms with van der Waals surface area (Å²) in [6.07, 6.45) is 9.11. The van der Waals surface area contributed by atoms with Crippen LogP contribution >= 0.6 is 11.6 Å². The van der Waals surface area contributed by atoms with Crippen LogP contribution in [0, 0.1) is 5.82 Å². The van der Waals surface area contributed by atoms with Gasteiger partial charge in [-0.2, -0.15) is 0 Å². The van der Waals surface area contributed by atoms with Crippen LogP contribution in [-0.2, 0) is 4.74 Å². The van der Waals surface area contributed by atoms with E-state index in [9.17, 15) is 4.39 Å². The van der Waals surface area contributed by atoms with Gasteiger partial charge >= 0.3 is 0 Å². The highest BCUT2D eigenvalue weighted by atomic mass is 35.5. The number of benzene rings is 1. The van der Waals surface area contributed by atoms with Gasteiger partial charge in [-0.3, -0.25) is 5.01 Å². The minimum atomic E-state index is -0.469. The predicted octanol–water partition coefficient (Wildman–Crippen LogP) is 4.34. The van der Waals surface area contributed by atoms with Crippen LogP contribution in [0.1, 0.15) is 32.1 Å². The summed E-state index contributed by atoms with van der Waals surface area (Å²) in [5, 5.41) is 7.80. The van der Waals surface area contributed by atoms with E-state index in [0.717, 1.165) is 25.9 Å². The number of anilines is 3. The standard InChI is InChI=1S/C22H25ClFN7O/c23-17-12-15(6-7-18(17)24)28-21-20-19(26-14-27-21)13-25-22(29-20)31(16-4-2-1-3-5-16)30-8-10-32-11-9-30/h6-7,12-14,16H,1-5,8-11H2,(H,26,27,28). The van der Waals surface area contributed by atoms with E-state index in [1.807, 2.05) is 0 Å². The Bertz CT molecular complexity index is 1070. The van der Waals surface area contributed by atoms with Crippen LogP contribution in [0.25, 0.3) is 11.0 Å². The first-order chi connectivity index (χ1) is 15.7. The van der Waals surface area contributed by atoms with Crippen LogP contribution in [0.4, 0.5) is 21.8 Å². The number of hydrazine groups is 1. The highest BCUT2D eigenvalue weighted by molar-refractivity contribution is 6.31. The Labute approximate surface area is 190 Å². The maximum atomic E-state index is 13.6. The number of nitrogens with one attached hydrogen (secondary N) is 1. The van der Waals surface area contributed by atoms with Crippen molar-refractivity contribution in [1.82, 2.24) is 24.9 Å². The van der Waals surface area contributed by atoms with Gasteiger partial charge in [0.25, 0.3) is 0 Å². The Morgan fingerprint density at radius 3 is 2.69 bits per heavy atom. The lowest BCUT2D eigenvalue weighted by molar-refractivity contribution is 0.0233. The molecule has 3 heterocycles. The zero-order valence-corrected chi connectivity index (χ0v) is 18.4. The molecule has 0 bridgehead atoms. The molecule has 3 aromatic rings. The molecule has 1 saturated carbocycles. The molecule has 1 aliphatic carbocycles. The molecule has 10 heteroatoms. The zero-order valence-electron chi connectivity index (χ0n) is 17.7. The smallest absolute Gasteiger partial charge is 0.241 e. The highest BCUT2D eigenvalue weighted by Gasteiger charge is 2.30. The zero-order chi connectivity index (χ0) is 21.9. The second kappa shape index (κ2) is 9.48. The molecule has 0 spiro atoms. The average molecular weight is 458 g/mol. The molecule has 1 N–H and O–H groups in total. The number of morpholine rings is 1. The van der Waals surface area contributed by atoms with Gasteiger partial charge in [-0.1, -0.05) is 30.9 Å². The van der Waals surface area contributed by atoms with E-state index in [1.54, 1.807) is 12.3 Å². The third-order valence-electron chi connectivity index (χ3n) is 5.96. The third-order valence-corrected chi connectivity index (χ3v) is 6.25. The Balaban J connectivity index is 1.52. The molecule has 1 aliphatic heterocycles. The molecule has 0 unspecified atom stereocenters. The lowest BCUT2D eigenvalue weighted by Gasteiger charge is -2.43.